The SMILES string of the molecule is CSc1ccccc1NC(=O)CCSc1nnc(-c2ccncc2)o1. The van der Waals surface area contributed by atoms with Crippen molar-refractivity contribution >= 4 is 35.1 Å². The second-order valence-electron chi connectivity index (χ2n) is 4.96. The number of rotatable bonds is 7. The van der Waals surface area contributed by atoms with Gasteiger partial charge in [-0.15, -0.1) is 22.0 Å². The molecule has 0 bridgehead atoms. The summed E-state index contributed by atoms with van der Waals surface area (Å²) in [4.78, 5) is 17.1. The highest BCUT2D eigenvalue weighted by atomic mass is 32.2. The average Bonchev–Trinajstić information content (AvgIpc) is 3.12. The van der Waals surface area contributed by atoms with Crippen LogP contribution in [0.4, 0.5) is 5.69 Å². The molecule has 0 spiro atoms. The van der Waals surface area contributed by atoms with Crippen LogP contribution in [0.2, 0.25) is 0 Å². The van der Waals surface area contributed by atoms with E-state index in [0.29, 0.717) is 23.3 Å². The van der Waals surface area contributed by atoms with Crippen LogP contribution in [0.25, 0.3) is 11.5 Å². The first kappa shape index (κ1) is 17.5. The fourth-order valence-electron chi connectivity index (χ4n) is 2.07. The zero-order valence-electron chi connectivity index (χ0n) is 13.5. The Hall–Kier alpha value is -2.32. The lowest BCUT2D eigenvalue weighted by Gasteiger charge is -2.08. The van der Waals surface area contributed by atoms with Crippen molar-refractivity contribution < 1.29 is 9.21 Å². The lowest BCUT2D eigenvalue weighted by molar-refractivity contribution is -0.115. The van der Waals surface area contributed by atoms with Gasteiger partial charge < -0.3 is 9.73 Å². The van der Waals surface area contributed by atoms with Crippen molar-refractivity contribution in [2.45, 2.75) is 16.5 Å². The van der Waals surface area contributed by atoms with E-state index < -0.39 is 0 Å². The third-order valence-corrected chi connectivity index (χ3v) is 4.89. The zero-order valence-corrected chi connectivity index (χ0v) is 15.1. The Balaban J connectivity index is 1.50. The van der Waals surface area contributed by atoms with Crippen LogP contribution < -0.4 is 5.32 Å². The van der Waals surface area contributed by atoms with Gasteiger partial charge in [-0.3, -0.25) is 9.78 Å². The van der Waals surface area contributed by atoms with Crippen LogP contribution in [0.5, 0.6) is 0 Å². The molecule has 0 unspecified atom stereocenters. The molecule has 0 atom stereocenters. The maximum atomic E-state index is 12.1. The predicted molar refractivity (Wildman–Crippen MR) is 99.7 cm³/mol. The Labute approximate surface area is 153 Å². The Morgan fingerprint density at radius 1 is 1.16 bits per heavy atom. The number of nitrogens with one attached hydrogen (secondary N) is 1. The number of carbonyl (C=O) groups is 1. The molecule has 0 aliphatic carbocycles. The van der Waals surface area contributed by atoms with Crippen molar-refractivity contribution in [3.05, 3.63) is 48.8 Å². The van der Waals surface area contributed by atoms with E-state index in [1.807, 2.05) is 30.5 Å². The number of thioether (sulfide) groups is 2. The lowest BCUT2D eigenvalue weighted by Crippen LogP contribution is -2.12. The Morgan fingerprint density at radius 2 is 1.96 bits per heavy atom. The highest BCUT2D eigenvalue weighted by Crippen LogP contribution is 2.25. The summed E-state index contributed by atoms with van der Waals surface area (Å²) in [5.41, 5.74) is 1.66. The minimum absolute atomic E-state index is 0.0390. The minimum Gasteiger partial charge on any atom is -0.411 e. The highest BCUT2D eigenvalue weighted by molar-refractivity contribution is 7.99. The standard InChI is InChI=1S/C17H16N4O2S2/c1-24-14-5-3-2-4-13(14)19-15(22)8-11-25-17-21-20-16(23-17)12-6-9-18-10-7-12/h2-7,9-10H,8,11H2,1H3,(H,19,22). The molecule has 0 aliphatic rings. The van der Waals surface area contributed by atoms with E-state index in [-0.39, 0.29) is 5.91 Å². The second kappa shape index (κ2) is 8.68. The van der Waals surface area contributed by atoms with Gasteiger partial charge in [-0.25, -0.2) is 0 Å². The van der Waals surface area contributed by atoms with Crippen LogP contribution in [0.3, 0.4) is 0 Å². The van der Waals surface area contributed by atoms with E-state index in [9.17, 15) is 4.79 Å². The summed E-state index contributed by atoms with van der Waals surface area (Å²) in [6.45, 7) is 0. The number of amides is 1. The number of nitrogens with zero attached hydrogens (tertiary/aromatic N) is 3. The van der Waals surface area contributed by atoms with Gasteiger partial charge in [-0.05, 0) is 30.5 Å². The number of hydrogen-bond acceptors (Lipinski definition) is 7. The van der Waals surface area contributed by atoms with Crippen LogP contribution in [0, 0.1) is 0 Å². The van der Waals surface area contributed by atoms with Gasteiger partial charge >= 0.3 is 0 Å². The first-order valence-electron chi connectivity index (χ1n) is 7.56. The first-order valence-corrected chi connectivity index (χ1v) is 9.77. The maximum Gasteiger partial charge on any atom is 0.276 e. The minimum atomic E-state index is -0.0390. The molecule has 0 saturated heterocycles. The van der Waals surface area contributed by atoms with Crippen LogP contribution in [0.15, 0.2) is 63.3 Å². The number of hydrogen-bond donors (Lipinski definition) is 1. The number of carbonyl (C=O) groups excluding carboxylic acids is 1. The van der Waals surface area contributed by atoms with Crippen LogP contribution in [-0.2, 0) is 4.79 Å². The molecular weight excluding hydrogens is 356 g/mol. The summed E-state index contributed by atoms with van der Waals surface area (Å²) in [5.74, 6) is 0.969. The number of aromatic nitrogens is 3. The fourth-order valence-corrected chi connectivity index (χ4v) is 3.32. The van der Waals surface area contributed by atoms with Crippen molar-refractivity contribution in [3.8, 4) is 11.5 Å². The van der Waals surface area contributed by atoms with Crippen molar-refractivity contribution in [1.29, 1.82) is 0 Å². The van der Waals surface area contributed by atoms with E-state index in [1.54, 1.807) is 36.3 Å². The summed E-state index contributed by atoms with van der Waals surface area (Å²) in [7, 11) is 0. The molecule has 1 N–H and O–H groups in total. The normalized spacial score (nSPS) is 10.6. The predicted octanol–water partition coefficient (Wildman–Crippen LogP) is 3.97. The van der Waals surface area contributed by atoms with E-state index in [4.69, 9.17) is 4.42 Å². The summed E-state index contributed by atoms with van der Waals surface area (Å²) in [5, 5.41) is 11.4. The Bertz CT molecular complexity index is 839. The fraction of sp³-hybridized carbons (Fsp3) is 0.176. The number of benzene rings is 1. The van der Waals surface area contributed by atoms with E-state index in [1.165, 1.54) is 11.8 Å². The first-order chi connectivity index (χ1) is 12.3. The molecule has 0 saturated carbocycles. The van der Waals surface area contributed by atoms with Gasteiger partial charge in [0.2, 0.25) is 11.8 Å². The summed E-state index contributed by atoms with van der Waals surface area (Å²) >= 11 is 2.96. The van der Waals surface area contributed by atoms with Crippen molar-refractivity contribution in [1.82, 2.24) is 15.2 Å². The lowest BCUT2D eigenvalue weighted by atomic mass is 10.3. The van der Waals surface area contributed by atoms with Crippen molar-refractivity contribution in [2.24, 2.45) is 0 Å². The van der Waals surface area contributed by atoms with Crippen molar-refractivity contribution in [2.75, 3.05) is 17.3 Å². The molecule has 1 aromatic carbocycles. The highest BCUT2D eigenvalue weighted by Gasteiger charge is 2.10. The van der Waals surface area contributed by atoms with Crippen molar-refractivity contribution in [3.63, 3.8) is 0 Å². The monoisotopic (exact) mass is 372 g/mol. The van der Waals surface area contributed by atoms with Gasteiger partial charge in [-0.2, -0.15) is 0 Å². The third-order valence-electron chi connectivity index (χ3n) is 3.27. The van der Waals surface area contributed by atoms with Crippen LogP contribution >= 0.6 is 23.5 Å². The molecule has 3 aromatic rings. The summed E-state index contributed by atoms with van der Waals surface area (Å²) in [6, 6.07) is 11.3. The number of anilines is 1. The van der Waals surface area contributed by atoms with Crippen LogP contribution in [0.1, 0.15) is 6.42 Å². The number of pyridine rings is 1. The Morgan fingerprint density at radius 3 is 2.76 bits per heavy atom. The molecule has 0 fully saturated rings. The molecule has 6 nitrogen and oxygen atoms in total. The molecule has 2 heterocycles. The molecule has 3 rings (SSSR count). The van der Waals surface area contributed by atoms with E-state index in [0.717, 1.165) is 16.1 Å². The van der Waals surface area contributed by atoms with Gasteiger partial charge in [-0.1, -0.05) is 23.9 Å². The second-order valence-corrected chi connectivity index (χ2v) is 6.85. The molecule has 1 amide bonds. The Kier molecular flexibility index (Phi) is 6.08. The van der Waals surface area contributed by atoms with Gasteiger partial charge in [0.15, 0.2) is 0 Å². The molecule has 0 radical (unpaired) electrons. The zero-order chi connectivity index (χ0) is 17.5. The van der Waals surface area contributed by atoms with E-state index in [2.05, 4.69) is 20.5 Å². The third kappa shape index (κ3) is 4.83. The van der Waals surface area contributed by atoms with Crippen LogP contribution in [-0.4, -0.2) is 33.1 Å². The molecular formula is C17H16N4O2S2. The van der Waals surface area contributed by atoms with E-state index >= 15 is 0 Å². The molecule has 128 valence electrons. The van der Waals surface area contributed by atoms with Gasteiger partial charge in [0.05, 0.1) is 5.69 Å². The largest absolute Gasteiger partial charge is 0.411 e. The molecule has 0 aliphatic heterocycles. The van der Waals surface area contributed by atoms with Gasteiger partial charge in [0.25, 0.3) is 5.22 Å². The maximum absolute atomic E-state index is 12.1. The topological polar surface area (TPSA) is 80.9 Å². The summed E-state index contributed by atoms with van der Waals surface area (Å²) in [6.07, 6.45) is 5.68. The quantitative estimate of drug-likeness (QED) is 0.628. The van der Waals surface area contributed by atoms with Gasteiger partial charge in [0.1, 0.15) is 0 Å². The smallest absolute Gasteiger partial charge is 0.276 e. The molecule has 8 heteroatoms. The average molecular weight is 372 g/mol. The number of para-hydroxylation sites is 1. The molecule has 25 heavy (non-hydrogen) atoms. The summed E-state index contributed by atoms with van der Waals surface area (Å²) < 4.78 is 5.58. The van der Waals surface area contributed by atoms with Gasteiger partial charge in [0, 0.05) is 35.0 Å². The molecule has 2 aromatic heterocycles.